The van der Waals surface area contributed by atoms with Gasteiger partial charge in [-0.2, -0.15) is 0 Å². The lowest BCUT2D eigenvalue weighted by atomic mass is 9.98. The van der Waals surface area contributed by atoms with Gasteiger partial charge in [-0.25, -0.2) is 0 Å². The second-order valence-corrected chi connectivity index (χ2v) is 12.4. The molecule has 0 aliphatic carbocycles. The second-order valence-electron chi connectivity index (χ2n) is 11.3. The van der Waals surface area contributed by atoms with Gasteiger partial charge >= 0.3 is 0 Å². The van der Waals surface area contributed by atoms with Crippen LogP contribution in [0.15, 0.2) is 168 Å². The Bertz CT molecular complexity index is 2470. The maximum atomic E-state index is 6.80. The minimum atomic E-state index is 0.878. The Labute approximate surface area is 265 Å². The molecule has 0 amide bonds. The van der Waals surface area contributed by atoms with Crippen molar-refractivity contribution in [3.05, 3.63) is 164 Å². The molecule has 212 valence electrons. The number of para-hydroxylation sites is 1. The summed E-state index contributed by atoms with van der Waals surface area (Å²) >= 11 is 1.85. The average Bonchev–Trinajstić information content (AvgIpc) is 3.69. The molecule has 0 fully saturated rings. The molecule has 9 aromatic rings. The van der Waals surface area contributed by atoms with Crippen molar-refractivity contribution in [3.8, 4) is 22.3 Å². The van der Waals surface area contributed by atoms with Gasteiger partial charge in [0, 0.05) is 37.5 Å². The molecule has 0 N–H and O–H groups in total. The van der Waals surface area contributed by atoms with Gasteiger partial charge < -0.3 is 9.32 Å². The fourth-order valence-electron chi connectivity index (χ4n) is 6.58. The molecule has 2 aromatic heterocycles. The normalized spacial score (nSPS) is 11.6. The van der Waals surface area contributed by atoms with E-state index < -0.39 is 0 Å². The predicted molar refractivity (Wildman–Crippen MR) is 192 cm³/mol. The van der Waals surface area contributed by atoms with E-state index in [4.69, 9.17) is 4.42 Å². The molecule has 7 aromatic carbocycles. The Kier molecular flexibility index (Phi) is 6.03. The molecule has 9 rings (SSSR count). The first kappa shape index (κ1) is 25.8. The van der Waals surface area contributed by atoms with Crippen LogP contribution in [0.25, 0.3) is 64.4 Å². The fraction of sp³-hybridized carbons (Fsp3) is 0. The van der Waals surface area contributed by atoms with E-state index in [2.05, 4.69) is 163 Å². The van der Waals surface area contributed by atoms with Crippen LogP contribution in [-0.2, 0) is 0 Å². The van der Waals surface area contributed by atoms with Crippen LogP contribution in [0.5, 0.6) is 0 Å². The highest BCUT2D eigenvalue weighted by Gasteiger charge is 2.26. The molecule has 0 unspecified atom stereocenters. The summed E-state index contributed by atoms with van der Waals surface area (Å²) in [5.41, 5.74) is 9.65. The highest BCUT2D eigenvalue weighted by atomic mass is 32.1. The summed E-state index contributed by atoms with van der Waals surface area (Å²) in [5, 5.41) is 4.77. The van der Waals surface area contributed by atoms with E-state index in [1.165, 1.54) is 31.3 Å². The molecule has 0 bridgehead atoms. The monoisotopic (exact) mass is 593 g/mol. The molecular formula is C42H27NOS. The minimum absolute atomic E-state index is 0.878. The summed E-state index contributed by atoms with van der Waals surface area (Å²) < 4.78 is 9.33. The van der Waals surface area contributed by atoms with Crippen LogP contribution in [0.3, 0.4) is 0 Å². The number of nitrogens with zero attached hydrogens (tertiary/aromatic N) is 1. The number of hydrogen-bond donors (Lipinski definition) is 0. The second kappa shape index (κ2) is 10.5. The molecule has 2 nitrogen and oxygen atoms in total. The van der Waals surface area contributed by atoms with Gasteiger partial charge in [-0.1, -0.05) is 127 Å². The number of furan rings is 1. The van der Waals surface area contributed by atoms with Gasteiger partial charge in [0.05, 0.1) is 16.1 Å². The zero-order chi connectivity index (χ0) is 29.7. The van der Waals surface area contributed by atoms with E-state index in [1.807, 2.05) is 17.4 Å². The Morgan fingerprint density at radius 1 is 0.444 bits per heavy atom. The molecule has 0 aliphatic rings. The number of fused-ring (bicyclic) bond motifs is 6. The molecule has 0 aliphatic heterocycles. The fourth-order valence-corrected chi connectivity index (χ4v) is 7.78. The summed E-state index contributed by atoms with van der Waals surface area (Å²) in [6.07, 6.45) is 0. The summed E-state index contributed by atoms with van der Waals surface area (Å²) in [5.74, 6) is 0. The molecule has 2 heterocycles. The van der Waals surface area contributed by atoms with E-state index in [0.29, 0.717) is 0 Å². The maximum absolute atomic E-state index is 6.80. The highest BCUT2D eigenvalue weighted by molar-refractivity contribution is 7.26. The molecular weight excluding hydrogens is 567 g/mol. The van der Waals surface area contributed by atoms with Crippen LogP contribution in [0, 0.1) is 0 Å². The molecule has 3 heteroatoms. The quantitative estimate of drug-likeness (QED) is 0.197. The Morgan fingerprint density at radius 3 is 1.89 bits per heavy atom. The molecule has 0 saturated heterocycles. The molecule has 45 heavy (non-hydrogen) atoms. The van der Waals surface area contributed by atoms with Gasteiger partial charge in [0.25, 0.3) is 0 Å². The average molecular weight is 594 g/mol. The lowest BCUT2D eigenvalue weighted by Gasteiger charge is -2.28. The Balaban J connectivity index is 1.39. The Morgan fingerprint density at radius 2 is 1.09 bits per heavy atom. The zero-order valence-electron chi connectivity index (χ0n) is 24.4. The Hall–Kier alpha value is -5.64. The van der Waals surface area contributed by atoms with Crippen molar-refractivity contribution < 1.29 is 4.42 Å². The summed E-state index contributed by atoms with van der Waals surface area (Å²) in [7, 11) is 0. The van der Waals surface area contributed by atoms with Crippen molar-refractivity contribution in [1.29, 1.82) is 0 Å². The van der Waals surface area contributed by atoms with Crippen LogP contribution in [0.2, 0.25) is 0 Å². The first-order valence-corrected chi connectivity index (χ1v) is 16.0. The third kappa shape index (κ3) is 4.24. The predicted octanol–water partition coefficient (Wildman–Crippen LogP) is 12.8. The first-order valence-electron chi connectivity index (χ1n) is 15.2. The number of thiophene rings is 1. The lowest BCUT2D eigenvalue weighted by Crippen LogP contribution is -2.12. The lowest BCUT2D eigenvalue weighted by molar-refractivity contribution is 0.669. The van der Waals surface area contributed by atoms with Gasteiger partial charge in [0.1, 0.15) is 5.58 Å². The van der Waals surface area contributed by atoms with Crippen molar-refractivity contribution >= 4 is 70.5 Å². The molecule has 0 radical (unpaired) electrons. The van der Waals surface area contributed by atoms with Crippen LogP contribution in [0.4, 0.5) is 17.1 Å². The molecule has 0 atom stereocenters. The summed E-state index contributed by atoms with van der Waals surface area (Å²) in [6.45, 7) is 0. The van der Waals surface area contributed by atoms with Gasteiger partial charge in [-0.3, -0.25) is 0 Å². The van der Waals surface area contributed by atoms with Crippen molar-refractivity contribution in [1.82, 2.24) is 0 Å². The molecule has 0 spiro atoms. The van der Waals surface area contributed by atoms with Crippen molar-refractivity contribution in [2.75, 3.05) is 4.90 Å². The third-order valence-electron chi connectivity index (χ3n) is 8.69. The number of anilines is 3. The van der Waals surface area contributed by atoms with Crippen molar-refractivity contribution in [2.45, 2.75) is 0 Å². The van der Waals surface area contributed by atoms with E-state index in [9.17, 15) is 0 Å². The van der Waals surface area contributed by atoms with Gasteiger partial charge in [-0.15, -0.1) is 11.3 Å². The maximum Gasteiger partial charge on any atom is 0.160 e. The third-order valence-corrected chi connectivity index (χ3v) is 9.90. The highest BCUT2D eigenvalue weighted by Crippen LogP contribution is 2.50. The van der Waals surface area contributed by atoms with Crippen molar-refractivity contribution in [2.24, 2.45) is 0 Å². The SMILES string of the molecule is c1ccc(-c2ccc(N(c3c(-c4ccccc4)ccc4c3oc3ccccc34)c3cccc4c3sc3ccccc34)cc2)cc1. The van der Waals surface area contributed by atoms with Crippen LogP contribution in [-0.4, -0.2) is 0 Å². The summed E-state index contributed by atoms with van der Waals surface area (Å²) in [6, 6.07) is 58.3. The van der Waals surface area contributed by atoms with Crippen LogP contribution in [0.1, 0.15) is 0 Å². The number of benzene rings is 7. The number of rotatable bonds is 5. The standard InChI is InChI=1S/C42H27NOS/c1-3-12-28(13-4-1)29-22-24-31(25-23-29)43(37-19-11-18-36-34-17-8-10-21-39(34)45-42(36)37)40-32(30-14-5-2-6-15-30)26-27-35-33-16-7-9-20-38(33)44-41(35)40/h1-27H. The topological polar surface area (TPSA) is 16.4 Å². The van der Waals surface area contributed by atoms with E-state index in [-0.39, 0.29) is 0 Å². The van der Waals surface area contributed by atoms with Gasteiger partial charge in [0.15, 0.2) is 5.58 Å². The van der Waals surface area contributed by atoms with Crippen LogP contribution >= 0.6 is 11.3 Å². The van der Waals surface area contributed by atoms with Gasteiger partial charge in [0.2, 0.25) is 0 Å². The van der Waals surface area contributed by atoms with E-state index in [0.717, 1.165) is 50.1 Å². The van der Waals surface area contributed by atoms with E-state index >= 15 is 0 Å². The van der Waals surface area contributed by atoms with E-state index in [1.54, 1.807) is 0 Å². The largest absolute Gasteiger partial charge is 0.454 e. The smallest absolute Gasteiger partial charge is 0.160 e. The van der Waals surface area contributed by atoms with Crippen LogP contribution < -0.4 is 4.90 Å². The minimum Gasteiger partial charge on any atom is -0.454 e. The number of hydrogen-bond acceptors (Lipinski definition) is 3. The summed E-state index contributed by atoms with van der Waals surface area (Å²) in [4.78, 5) is 2.42. The van der Waals surface area contributed by atoms with Gasteiger partial charge in [-0.05, 0) is 53.1 Å². The molecule has 0 saturated carbocycles. The zero-order valence-corrected chi connectivity index (χ0v) is 25.2. The van der Waals surface area contributed by atoms with Crippen molar-refractivity contribution in [3.63, 3.8) is 0 Å². The first-order chi connectivity index (χ1) is 22.3.